The Morgan fingerprint density at radius 1 is 1.00 bits per heavy atom. The molecule has 0 aliphatic carbocycles. The normalized spacial score (nSPS) is 11.9. The van der Waals surface area contributed by atoms with Crippen LogP contribution in [0, 0.1) is 5.41 Å². The Labute approximate surface area is 254 Å². The van der Waals surface area contributed by atoms with Gasteiger partial charge >= 0.3 is 12.0 Å². The highest BCUT2D eigenvalue weighted by Gasteiger charge is 2.24. The van der Waals surface area contributed by atoms with E-state index in [1.165, 1.54) is 6.42 Å². The van der Waals surface area contributed by atoms with Crippen molar-refractivity contribution in [3.63, 3.8) is 0 Å². The monoisotopic (exact) mass is 610 g/mol. The second-order valence-electron chi connectivity index (χ2n) is 9.09. The van der Waals surface area contributed by atoms with E-state index in [0.29, 0.717) is 11.1 Å². The number of nitrogens with one attached hydrogen (secondary N) is 5. The number of hydrogen-bond acceptors (Lipinski definition) is 8. The Morgan fingerprint density at radius 2 is 1.64 bits per heavy atom. The van der Waals surface area contributed by atoms with Crippen LogP contribution in [-0.2, 0) is 14.4 Å². The third-order valence-electron chi connectivity index (χ3n) is 5.32. The van der Waals surface area contributed by atoms with E-state index in [1.807, 2.05) is 35.8 Å². The zero-order valence-corrected chi connectivity index (χ0v) is 24.4. The third-order valence-corrected chi connectivity index (χ3v) is 5.32. The zero-order valence-electron chi connectivity index (χ0n) is 24.4. The summed E-state index contributed by atoms with van der Waals surface area (Å²) in [6, 6.07) is 12.6. The number of nitrogens with two attached hydrogens (primary N) is 2. The minimum Gasteiger partial charge on any atom is -0.481 e. The summed E-state index contributed by atoms with van der Waals surface area (Å²) in [6.07, 6.45) is 1.50. The lowest BCUT2D eigenvalue weighted by atomic mass is 9.98. The summed E-state index contributed by atoms with van der Waals surface area (Å²) in [5.41, 5.74) is 8.48. The number of aliphatic carboxylic acids is 1. The van der Waals surface area contributed by atoms with E-state index in [4.69, 9.17) is 22.1 Å². The van der Waals surface area contributed by atoms with Gasteiger partial charge in [-0.15, -0.1) is 5.11 Å². The van der Waals surface area contributed by atoms with E-state index in [1.54, 1.807) is 24.3 Å². The van der Waals surface area contributed by atoms with Crippen molar-refractivity contribution in [2.24, 2.45) is 27.0 Å². The molecule has 0 saturated carbocycles. The lowest BCUT2D eigenvalue weighted by Gasteiger charge is -2.20. The Bertz CT molecular complexity index is 1330. The minimum absolute atomic E-state index is 0.0718. The van der Waals surface area contributed by atoms with Crippen LogP contribution in [0.25, 0.3) is 11.1 Å². The highest BCUT2D eigenvalue weighted by atomic mass is 16.4. The van der Waals surface area contributed by atoms with E-state index in [9.17, 15) is 24.0 Å². The van der Waals surface area contributed by atoms with Gasteiger partial charge in [-0.1, -0.05) is 74.0 Å². The molecule has 0 bridgehead atoms. The molecule has 0 radical (unpaired) electrons. The number of amidine groups is 1. The van der Waals surface area contributed by atoms with Gasteiger partial charge < -0.3 is 32.6 Å². The topological polar surface area (TPSA) is 267 Å². The molecule has 5 amide bonds. The van der Waals surface area contributed by atoms with Crippen molar-refractivity contribution in [3.8, 4) is 11.1 Å². The number of carboxylic acids is 1. The van der Waals surface area contributed by atoms with E-state index < -0.39 is 54.8 Å². The number of nitrogens with zero attached hydrogens (tertiary/aromatic N) is 3. The van der Waals surface area contributed by atoms with Crippen molar-refractivity contribution in [2.45, 2.75) is 51.6 Å². The van der Waals surface area contributed by atoms with Gasteiger partial charge in [0.05, 0.1) is 19.0 Å². The average molecular weight is 611 g/mol. The van der Waals surface area contributed by atoms with Crippen LogP contribution in [0.5, 0.6) is 0 Å². The first-order chi connectivity index (χ1) is 21.0. The smallest absolute Gasteiger partial charge is 0.332 e. The first-order valence-corrected chi connectivity index (χ1v) is 13.5. The Kier molecular flexibility index (Phi) is 16.7. The number of benzene rings is 2. The van der Waals surface area contributed by atoms with Gasteiger partial charge in [0.1, 0.15) is 11.9 Å². The molecule has 0 saturated heterocycles. The predicted molar refractivity (Wildman–Crippen MR) is 164 cm³/mol. The quantitative estimate of drug-likeness (QED) is 0.0515. The summed E-state index contributed by atoms with van der Waals surface area (Å²) in [6.45, 7) is 3.67. The van der Waals surface area contributed by atoms with Gasteiger partial charge in [-0.2, -0.15) is 5.10 Å². The van der Waals surface area contributed by atoms with E-state index in [0.717, 1.165) is 11.8 Å². The molecular weight excluding hydrogens is 572 g/mol. The number of carbonyl (C=O) groups excluding carboxylic acids is 4. The van der Waals surface area contributed by atoms with Gasteiger partial charge in [0.25, 0.3) is 5.91 Å². The van der Waals surface area contributed by atoms with Crippen molar-refractivity contribution in [2.75, 3.05) is 6.54 Å². The lowest BCUT2D eigenvalue weighted by Crippen LogP contribution is -2.50. The number of rotatable bonds is 14. The number of amides is 5. The highest BCUT2D eigenvalue weighted by molar-refractivity contribution is 6.03. The number of carboxylic acid groups (broad SMARTS) is 1. The Balaban J connectivity index is 0.00000309. The SMILES string of the molecule is CCC.N=C(CCC(NC(=O)c1ccccc1-c1ccccc1)C(=O)NCC(=O)NC(/C=N/NC(N)=O)CC(=O)O)N=NN. The number of hydrogen-bond donors (Lipinski definition) is 8. The Hall–Kier alpha value is -5.67. The van der Waals surface area contributed by atoms with Crippen molar-refractivity contribution >= 4 is 41.8 Å². The van der Waals surface area contributed by atoms with Crippen molar-refractivity contribution in [3.05, 3.63) is 60.2 Å². The molecule has 0 aliphatic heterocycles. The molecule has 10 N–H and O–H groups in total. The molecule has 236 valence electrons. The maximum atomic E-state index is 13.3. The summed E-state index contributed by atoms with van der Waals surface area (Å²) >= 11 is 0. The molecule has 2 aromatic rings. The second-order valence-corrected chi connectivity index (χ2v) is 9.09. The zero-order chi connectivity index (χ0) is 32.9. The van der Waals surface area contributed by atoms with E-state index in [-0.39, 0.29) is 18.7 Å². The van der Waals surface area contributed by atoms with E-state index in [2.05, 4.69) is 45.2 Å². The molecule has 44 heavy (non-hydrogen) atoms. The molecule has 16 heteroatoms. The molecule has 2 rings (SSSR count). The van der Waals surface area contributed by atoms with Crippen LogP contribution in [0.2, 0.25) is 0 Å². The van der Waals surface area contributed by atoms with Crippen LogP contribution in [-0.4, -0.2) is 65.5 Å². The van der Waals surface area contributed by atoms with Crippen LogP contribution in [0.3, 0.4) is 0 Å². The van der Waals surface area contributed by atoms with Crippen LogP contribution in [0.1, 0.15) is 49.9 Å². The summed E-state index contributed by atoms with van der Waals surface area (Å²) in [5.74, 6) is 1.38. The average Bonchev–Trinajstić information content (AvgIpc) is 2.98. The first kappa shape index (κ1) is 36.4. The summed E-state index contributed by atoms with van der Waals surface area (Å²) in [4.78, 5) is 60.5. The van der Waals surface area contributed by atoms with Crippen molar-refractivity contribution < 1.29 is 29.1 Å². The molecule has 0 aromatic heterocycles. The molecule has 2 aromatic carbocycles. The predicted octanol–water partition coefficient (Wildman–Crippen LogP) is 1.68. The maximum absolute atomic E-state index is 13.3. The minimum atomic E-state index is -1.26. The maximum Gasteiger partial charge on any atom is 0.332 e. The molecule has 16 nitrogen and oxygen atoms in total. The largest absolute Gasteiger partial charge is 0.481 e. The van der Waals surface area contributed by atoms with Crippen LogP contribution in [0.15, 0.2) is 70.0 Å². The third kappa shape index (κ3) is 14.3. The fourth-order valence-corrected chi connectivity index (χ4v) is 3.52. The number of urea groups is 1. The van der Waals surface area contributed by atoms with E-state index >= 15 is 0 Å². The summed E-state index contributed by atoms with van der Waals surface area (Å²) in [5, 5.41) is 34.0. The fourth-order valence-electron chi connectivity index (χ4n) is 3.52. The van der Waals surface area contributed by atoms with Gasteiger partial charge in [0.2, 0.25) is 11.8 Å². The van der Waals surface area contributed by atoms with Crippen LogP contribution < -0.4 is 33.0 Å². The highest BCUT2D eigenvalue weighted by Crippen LogP contribution is 2.23. The Morgan fingerprint density at radius 3 is 2.25 bits per heavy atom. The molecule has 0 fully saturated rings. The number of carbonyl (C=O) groups is 5. The second kappa shape index (κ2) is 20.2. The van der Waals surface area contributed by atoms with Gasteiger partial charge in [-0.3, -0.25) is 24.6 Å². The molecular formula is C28H38N10O6. The fraction of sp³-hybridized carbons (Fsp3) is 0.321. The van der Waals surface area contributed by atoms with Crippen LogP contribution >= 0.6 is 0 Å². The van der Waals surface area contributed by atoms with Gasteiger partial charge in [-0.25, -0.2) is 10.2 Å². The van der Waals surface area contributed by atoms with Crippen molar-refractivity contribution in [1.29, 1.82) is 5.41 Å². The number of hydrazone groups is 1. The van der Waals surface area contributed by atoms with Crippen LogP contribution in [0.4, 0.5) is 4.79 Å². The van der Waals surface area contributed by atoms with Gasteiger partial charge in [0.15, 0.2) is 0 Å². The van der Waals surface area contributed by atoms with Crippen molar-refractivity contribution in [1.82, 2.24) is 21.4 Å². The molecule has 0 aliphatic rings. The first-order valence-electron chi connectivity index (χ1n) is 13.5. The summed E-state index contributed by atoms with van der Waals surface area (Å²) < 4.78 is 0. The molecule has 2 atom stereocenters. The van der Waals surface area contributed by atoms with Gasteiger partial charge in [-0.05, 0) is 23.6 Å². The summed E-state index contributed by atoms with van der Waals surface area (Å²) in [7, 11) is 0. The molecule has 2 unspecified atom stereocenters. The molecule has 0 heterocycles. The standard InChI is InChI=1S/C25H30N10O6.C3H8/c26-20(33-35-28)11-10-19(32-23(39)18-9-5-4-8-17(18)15-6-2-1-3-7-15)24(40)29-14-21(36)31-16(12-22(37)38)13-30-34-25(27)41;1-3-2/h1-9,13,16,19H,10-12,14H2,(H,29,40)(H,31,36)(H,32,39)(H,37,38)(H3,26,28,33)(H3,27,34,41);3H2,1-2H3/b30-13+;. The number of primary amides is 1. The molecule has 0 spiro atoms. The lowest BCUT2D eigenvalue weighted by molar-refractivity contribution is -0.137. The van der Waals surface area contributed by atoms with Gasteiger partial charge in [0, 0.05) is 18.2 Å².